The number of fused-ring (bicyclic) bond motifs is 1. The fourth-order valence-corrected chi connectivity index (χ4v) is 4.41. The van der Waals surface area contributed by atoms with Gasteiger partial charge in [0.15, 0.2) is 0 Å². The Morgan fingerprint density at radius 2 is 1.81 bits per heavy atom. The van der Waals surface area contributed by atoms with Crippen molar-refractivity contribution < 1.29 is 0 Å². The maximum absolute atomic E-state index is 3.49. The van der Waals surface area contributed by atoms with Gasteiger partial charge in [0, 0.05) is 44.5 Å². The monoisotopic (exact) mass is 285 g/mol. The molecule has 0 bridgehead atoms. The van der Waals surface area contributed by atoms with E-state index in [0.717, 1.165) is 19.1 Å². The summed E-state index contributed by atoms with van der Waals surface area (Å²) in [6, 6.07) is 7.76. The zero-order valence-electron chi connectivity index (χ0n) is 13.0. The third-order valence-electron chi connectivity index (χ3n) is 5.61. The van der Waals surface area contributed by atoms with Crippen LogP contribution in [-0.2, 0) is 13.0 Å². The maximum Gasteiger partial charge on any atom is 0.0403 e. The molecule has 1 saturated carbocycles. The van der Waals surface area contributed by atoms with Crippen LogP contribution in [0.4, 0.5) is 5.69 Å². The summed E-state index contributed by atoms with van der Waals surface area (Å²) in [5.41, 5.74) is 4.63. The van der Waals surface area contributed by atoms with Crippen LogP contribution >= 0.6 is 0 Å². The number of benzene rings is 1. The van der Waals surface area contributed by atoms with E-state index in [4.69, 9.17) is 0 Å². The standard InChI is InChI=1S/C18H27N3/c1-2-6-16(5-1)20-10-12-21(13-11-20)18-7-3-4-15-14-19-9-8-17(15)18/h3-4,7,16,19H,1-2,5-6,8-14H2. The summed E-state index contributed by atoms with van der Waals surface area (Å²) in [5, 5.41) is 3.49. The highest BCUT2D eigenvalue weighted by Crippen LogP contribution is 2.29. The lowest BCUT2D eigenvalue weighted by atomic mass is 9.98. The van der Waals surface area contributed by atoms with E-state index >= 15 is 0 Å². The minimum absolute atomic E-state index is 0.890. The molecule has 0 amide bonds. The van der Waals surface area contributed by atoms with E-state index in [2.05, 4.69) is 33.3 Å². The second-order valence-corrected chi connectivity index (χ2v) is 6.80. The van der Waals surface area contributed by atoms with Crippen molar-refractivity contribution in [2.24, 2.45) is 0 Å². The van der Waals surface area contributed by atoms with Crippen molar-refractivity contribution in [3.63, 3.8) is 0 Å². The molecule has 1 aromatic carbocycles. The maximum atomic E-state index is 3.49. The van der Waals surface area contributed by atoms with E-state index in [1.54, 1.807) is 5.56 Å². The Morgan fingerprint density at radius 3 is 2.62 bits per heavy atom. The van der Waals surface area contributed by atoms with Gasteiger partial charge in [-0.15, -0.1) is 0 Å². The first kappa shape index (κ1) is 13.6. The second kappa shape index (κ2) is 5.98. The Bertz CT molecular complexity index is 485. The molecule has 0 aromatic heterocycles. The van der Waals surface area contributed by atoms with Gasteiger partial charge in [-0.3, -0.25) is 4.90 Å². The first-order chi connectivity index (χ1) is 10.4. The van der Waals surface area contributed by atoms with E-state index in [1.807, 2.05) is 0 Å². The Morgan fingerprint density at radius 1 is 1.00 bits per heavy atom. The van der Waals surface area contributed by atoms with Crippen molar-refractivity contribution in [1.82, 2.24) is 10.2 Å². The summed E-state index contributed by atoms with van der Waals surface area (Å²) in [5.74, 6) is 0. The van der Waals surface area contributed by atoms with Crippen LogP contribution in [-0.4, -0.2) is 43.7 Å². The molecule has 3 nitrogen and oxygen atoms in total. The number of piperazine rings is 1. The lowest BCUT2D eigenvalue weighted by Crippen LogP contribution is -2.50. The smallest absolute Gasteiger partial charge is 0.0403 e. The Labute approximate surface area is 128 Å². The molecule has 21 heavy (non-hydrogen) atoms. The van der Waals surface area contributed by atoms with Gasteiger partial charge < -0.3 is 10.2 Å². The van der Waals surface area contributed by atoms with Gasteiger partial charge in [-0.25, -0.2) is 0 Å². The summed E-state index contributed by atoms with van der Waals surface area (Å²) in [4.78, 5) is 5.38. The lowest BCUT2D eigenvalue weighted by Gasteiger charge is -2.40. The predicted molar refractivity (Wildman–Crippen MR) is 87.9 cm³/mol. The van der Waals surface area contributed by atoms with Gasteiger partial charge in [0.1, 0.15) is 0 Å². The van der Waals surface area contributed by atoms with Gasteiger partial charge in [-0.05, 0) is 43.0 Å². The average molecular weight is 285 g/mol. The molecule has 2 fully saturated rings. The second-order valence-electron chi connectivity index (χ2n) is 6.80. The van der Waals surface area contributed by atoms with Crippen molar-refractivity contribution in [1.29, 1.82) is 0 Å². The van der Waals surface area contributed by atoms with Gasteiger partial charge in [0.05, 0.1) is 0 Å². The summed E-state index contributed by atoms with van der Waals surface area (Å²) in [6.45, 7) is 7.11. The predicted octanol–water partition coefficient (Wildman–Crippen LogP) is 2.40. The first-order valence-electron chi connectivity index (χ1n) is 8.72. The van der Waals surface area contributed by atoms with Crippen molar-refractivity contribution in [3.8, 4) is 0 Å². The van der Waals surface area contributed by atoms with Crippen LogP contribution in [0.3, 0.4) is 0 Å². The molecule has 1 aromatic rings. The number of rotatable bonds is 2. The van der Waals surface area contributed by atoms with Crippen molar-refractivity contribution in [2.45, 2.75) is 44.7 Å². The van der Waals surface area contributed by atoms with E-state index in [-0.39, 0.29) is 0 Å². The van der Waals surface area contributed by atoms with E-state index in [0.29, 0.717) is 0 Å². The number of hydrogen-bond acceptors (Lipinski definition) is 3. The minimum atomic E-state index is 0.890. The molecule has 0 atom stereocenters. The Balaban J connectivity index is 1.46. The van der Waals surface area contributed by atoms with Crippen LogP contribution in [0, 0.1) is 0 Å². The first-order valence-corrected chi connectivity index (χ1v) is 8.72. The fourth-order valence-electron chi connectivity index (χ4n) is 4.41. The number of nitrogens with one attached hydrogen (secondary N) is 1. The van der Waals surface area contributed by atoms with E-state index in [1.165, 1.54) is 69.5 Å². The van der Waals surface area contributed by atoms with E-state index < -0.39 is 0 Å². The SMILES string of the molecule is c1cc2c(c(N3CCN(C4CCCC4)CC3)c1)CCNC2. The van der Waals surface area contributed by atoms with Crippen LogP contribution in [0.15, 0.2) is 18.2 Å². The molecular weight excluding hydrogens is 258 g/mol. The largest absolute Gasteiger partial charge is 0.369 e. The van der Waals surface area contributed by atoms with Crippen LogP contribution in [0.25, 0.3) is 0 Å². The molecule has 2 aliphatic heterocycles. The van der Waals surface area contributed by atoms with Gasteiger partial charge >= 0.3 is 0 Å². The van der Waals surface area contributed by atoms with Crippen LogP contribution < -0.4 is 10.2 Å². The van der Waals surface area contributed by atoms with Crippen LogP contribution in [0.5, 0.6) is 0 Å². The quantitative estimate of drug-likeness (QED) is 0.900. The van der Waals surface area contributed by atoms with Crippen LogP contribution in [0.1, 0.15) is 36.8 Å². The van der Waals surface area contributed by atoms with E-state index in [9.17, 15) is 0 Å². The highest BCUT2D eigenvalue weighted by Gasteiger charge is 2.27. The van der Waals surface area contributed by atoms with Gasteiger partial charge in [0.2, 0.25) is 0 Å². The van der Waals surface area contributed by atoms with Gasteiger partial charge in [0.25, 0.3) is 0 Å². The zero-order chi connectivity index (χ0) is 14.1. The number of anilines is 1. The third kappa shape index (κ3) is 2.69. The normalized spacial score (nSPS) is 24.3. The number of nitrogens with zero attached hydrogens (tertiary/aromatic N) is 2. The Hall–Kier alpha value is -1.06. The summed E-state index contributed by atoms with van der Waals surface area (Å²) in [7, 11) is 0. The molecule has 3 aliphatic rings. The molecule has 3 heteroatoms. The molecule has 0 radical (unpaired) electrons. The van der Waals surface area contributed by atoms with Crippen molar-refractivity contribution in [3.05, 3.63) is 29.3 Å². The summed E-state index contributed by atoms with van der Waals surface area (Å²) >= 11 is 0. The van der Waals surface area contributed by atoms with Crippen molar-refractivity contribution >= 4 is 5.69 Å². The highest BCUT2D eigenvalue weighted by atomic mass is 15.3. The summed E-state index contributed by atoms with van der Waals surface area (Å²) < 4.78 is 0. The average Bonchev–Trinajstić information content (AvgIpc) is 3.09. The fraction of sp³-hybridized carbons (Fsp3) is 0.667. The van der Waals surface area contributed by atoms with Gasteiger partial charge in [-0.1, -0.05) is 25.0 Å². The molecule has 0 unspecified atom stereocenters. The molecular formula is C18H27N3. The van der Waals surface area contributed by atoms with Crippen LogP contribution in [0.2, 0.25) is 0 Å². The highest BCUT2D eigenvalue weighted by molar-refractivity contribution is 5.58. The number of hydrogen-bond donors (Lipinski definition) is 1. The molecule has 2 heterocycles. The zero-order valence-corrected chi connectivity index (χ0v) is 13.0. The molecule has 1 saturated heterocycles. The molecule has 1 N–H and O–H groups in total. The van der Waals surface area contributed by atoms with Crippen molar-refractivity contribution in [2.75, 3.05) is 37.6 Å². The topological polar surface area (TPSA) is 18.5 Å². The Kier molecular flexibility index (Phi) is 3.87. The third-order valence-corrected chi connectivity index (χ3v) is 5.61. The molecule has 0 spiro atoms. The molecule has 1 aliphatic carbocycles. The van der Waals surface area contributed by atoms with Gasteiger partial charge in [-0.2, -0.15) is 0 Å². The summed E-state index contributed by atoms with van der Waals surface area (Å²) in [6.07, 6.45) is 6.96. The minimum Gasteiger partial charge on any atom is -0.369 e. The molecule has 114 valence electrons. The molecule has 4 rings (SSSR count). The lowest BCUT2D eigenvalue weighted by molar-refractivity contribution is 0.187.